The lowest BCUT2D eigenvalue weighted by Crippen LogP contribution is -2.45. The van der Waals surface area contributed by atoms with Gasteiger partial charge in [-0.15, -0.1) is 0 Å². The molecule has 0 bridgehead atoms. The molecule has 0 amide bonds. The van der Waals surface area contributed by atoms with Crippen LogP contribution in [0.15, 0.2) is 48.5 Å². The van der Waals surface area contributed by atoms with E-state index in [9.17, 15) is 0 Å². The van der Waals surface area contributed by atoms with E-state index in [2.05, 4.69) is 73.0 Å². The summed E-state index contributed by atoms with van der Waals surface area (Å²) in [5, 5.41) is 7.16. The number of likely N-dealkylation sites (N-methyl/N-ethyl adjacent to an activating group) is 2. The van der Waals surface area contributed by atoms with Gasteiger partial charge < -0.3 is 10.6 Å². The Morgan fingerprint density at radius 3 is 1.57 bits per heavy atom. The molecule has 1 aliphatic rings. The zero-order valence-electron chi connectivity index (χ0n) is 12.9. The summed E-state index contributed by atoms with van der Waals surface area (Å²) < 4.78 is 0. The van der Waals surface area contributed by atoms with E-state index in [0.717, 1.165) is 26.2 Å². The fourth-order valence-corrected chi connectivity index (χ4v) is 3.54. The molecule has 3 rings (SSSR count). The van der Waals surface area contributed by atoms with Crippen molar-refractivity contribution in [1.29, 1.82) is 0 Å². The number of fused-ring (bicyclic) bond motifs is 3. The fraction of sp³-hybridized carbons (Fsp3) is 0.368. The van der Waals surface area contributed by atoms with E-state index < -0.39 is 0 Å². The molecule has 110 valence electrons. The van der Waals surface area contributed by atoms with Gasteiger partial charge in [0.05, 0.1) is 0 Å². The molecule has 0 aliphatic heterocycles. The molecule has 0 aromatic heterocycles. The van der Waals surface area contributed by atoms with Crippen LogP contribution in [0.4, 0.5) is 0 Å². The van der Waals surface area contributed by atoms with Crippen molar-refractivity contribution in [1.82, 2.24) is 10.6 Å². The third-order valence-electron chi connectivity index (χ3n) is 4.53. The molecule has 0 fully saturated rings. The lowest BCUT2D eigenvalue weighted by molar-refractivity contribution is 0.448. The van der Waals surface area contributed by atoms with Crippen LogP contribution in [0.3, 0.4) is 0 Å². The summed E-state index contributed by atoms with van der Waals surface area (Å²) >= 11 is 0. The molecule has 2 nitrogen and oxygen atoms in total. The molecule has 0 radical (unpaired) electrons. The van der Waals surface area contributed by atoms with Gasteiger partial charge in [-0.3, -0.25) is 0 Å². The Morgan fingerprint density at radius 1 is 0.714 bits per heavy atom. The van der Waals surface area contributed by atoms with Crippen molar-refractivity contribution < 1.29 is 0 Å². The van der Waals surface area contributed by atoms with Gasteiger partial charge in [-0.1, -0.05) is 62.4 Å². The van der Waals surface area contributed by atoms with E-state index >= 15 is 0 Å². The fourth-order valence-electron chi connectivity index (χ4n) is 3.54. The van der Waals surface area contributed by atoms with Gasteiger partial charge in [0, 0.05) is 18.5 Å². The molecule has 0 heterocycles. The zero-order valence-corrected chi connectivity index (χ0v) is 12.9. The Bertz CT molecular complexity index is 563. The summed E-state index contributed by atoms with van der Waals surface area (Å²) in [4.78, 5) is 0. The van der Waals surface area contributed by atoms with Crippen LogP contribution in [-0.2, 0) is 5.41 Å². The molecule has 0 saturated heterocycles. The van der Waals surface area contributed by atoms with Crippen LogP contribution in [0.25, 0.3) is 11.1 Å². The minimum Gasteiger partial charge on any atom is -0.316 e. The molecule has 0 atom stereocenters. The smallest absolute Gasteiger partial charge is 0.0463 e. The van der Waals surface area contributed by atoms with Crippen molar-refractivity contribution in [3.8, 4) is 11.1 Å². The van der Waals surface area contributed by atoms with Crippen molar-refractivity contribution in [3.05, 3.63) is 59.7 Å². The van der Waals surface area contributed by atoms with E-state index in [0.29, 0.717) is 0 Å². The van der Waals surface area contributed by atoms with Crippen molar-refractivity contribution in [2.75, 3.05) is 26.2 Å². The molecule has 2 aromatic rings. The summed E-state index contributed by atoms with van der Waals surface area (Å²) in [6, 6.07) is 17.7. The molecular weight excluding hydrogens is 256 g/mol. The topological polar surface area (TPSA) is 24.1 Å². The average Bonchev–Trinajstić information content (AvgIpc) is 2.82. The Hall–Kier alpha value is -1.64. The minimum atomic E-state index is 0.0409. The first-order valence-electron chi connectivity index (χ1n) is 7.94. The van der Waals surface area contributed by atoms with Gasteiger partial charge in [0.1, 0.15) is 0 Å². The molecule has 1 aliphatic carbocycles. The predicted molar refractivity (Wildman–Crippen MR) is 89.7 cm³/mol. The van der Waals surface area contributed by atoms with E-state index in [1.807, 2.05) is 0 Å². The monoisotopic (exact) mass is 280 g/mol. The van der Waals surface area contributed by atoms with Crippen LogP contribution in [0.5, 0.6) is 0 Å². The number of benzene rings is 2. The highest BCUT2D eigenvalue weighted by Gasteiger charge is 2.42. The molecular formula is C19H24N2. The first-order chi connectivity index (χ1) is 10.3. The Morgan fingerprint density at radius 2 is 1.14 bits per heavy atom. The average molecular weight is 280 g/mol. The molecule has 0 unspecified atom stereocenters. The Kier molecular flexibility index (Phi) is 4.09. The van der Waals surface area contributed by atoms with Crippen molar-refractivity contribution in [2.24, 2.45) is 0 Å². The summed E-state index contributed by atoms with van der Waals surface area (Å²) in [7, 11) is 0. The maximum Gasteiger partial charge on any atom is 0.0463 e. The summed E-state index contributed by atoms with van der Waals surface area (Å²) in [6.07, 6.45) is 0. The highest BCUT2D eigenvalue weighted by atomic mass is 14.9. The first kappa shape index (κ1) is 14.3. The predicted octanol–water partition coefficient (Wildman–Crippen LogP) is 3.17. The third-order valence-corrected chi connectivity index (χ3v) is 4.53. The number of rotatable bonds is 6. The number of hydrogen-bond acceptors (Lipinski definition) is 2. The van der Waals surface area contributed by atoms with Gasteiger partial charge in [-0.2, -0.15) is 0 Å². The molecule has 0 saturated carbocycles. The van der Waals surface area contributed by atoms with E-state index in [1.165, 1.54) is 22.3 Å². The van der Waals surface area contributed by atoms with E-state index in [-0.39, 0.29) is 5.41 Å². The van der Waals surface area contributed by atoms with Crippen molar-refractivity contribution >= 4 is 0 Å². The van der Waals surface area contributed by atoms with Crippen LogP contribution in [0, 0.1) is 0 Å². The van der Waals surface area contributed by atoms with Gasteiger partial charge in [0.25, 0.3) is 0 Å². The molecule has 2 N–H and O–H groups in total. The second kappa shape index (κ2) is 6.00. The number of hydrogen-bond donors (Lipinski definition) is 2. The summed E-state index contributed by atoms with van der Waals surface area (Å²) in [5.74, 6) is 0. The highest BCUT2D eigenvalue weighted by molar-refractivity contribution is 5.81. The second-order valence-corrected chi connectivity index (χ2v) is 5.73. The van der Waals surface area contributed by atoms with Crippen LogP contribution >= 0.6 is 0 Å². The lowest BCUT2D eigenvalue weighted by Gasteiger charge is -2.32. The number of nitrogens with one attached hydrogen (secondary N) is 2. The van der Waals surface area contributed by atoms with Gasteiger partial charge in [-0.05, 0) is 35.3 Å². The molecule has 2 aromatic carbocycles. The maximum atomic E-state index is 3.58. The first-order valence-corrected chi connectivity index (χ1v) is 7.94. The molecule has 2 heteroatoms. The third kappa shape index (κ3) is 2.29. The second-order valence-electron chi connectivity index (χ2n) is 5.73. The van der Waals surface area contributed by atoms with Gasteiger partial charge in [0.15, 0.2) is 0 Å². The van der Waals surface area contributed by atoms with Crippen LogP contribution in [-0.4, -0.2) is 26.2 Å². The van der Waals surface area contributed by atoms with Crippen LogP contribution in [0.2, 0.25) is 0 Å². The normalized spacial score (nSPS) is 14.8. The molecule has 21 heavy (non-hydrogen) atoms. The van der Waals surface area contributed by atoms with Crippen LogP contribution in [0.1, 0.15) is 25.0 Å². The SMILES string of the molecule is CCNCC1(CNCC)c2ccccc2-c2ccccc21. The van der Waals surface area contributed by atoms with Crippen LogP contribution < -0.4 is 10.6 Å². The van der Waals surface area contributed by atoms with Crippen molar-refractivity contribution in [3.63, 3.8) is 0 Å². The Labute approximate surface area is 127 Å². The van der Waals surface area contributed by atoms with Gasteiger partial charge >= 0.3 is 0 Å². The lowest BCUT2D eigenvalue weighted by atomic mass is 9.77. The molecule has 0 spiro atoms. The minimum absolute atomic E-state index is 0.0409. The van der Waals surface area contributed by atoms with E-state index in [1.54, 1.807) is 0 Å². The van der Waals surface area contributed by atoms with Crippen molar-refractivity contribution in [2.45, 2.75) is 19.3 Å². The maximum absolute atomic E-state index is 3.58. The Balaban J connectivity index is 2.16. The standard InChI is InChI=1S/C19H24N2/c1-3-20-13-19(14-21-4-2)17-11-7-5-9-15(17)16-10-6-8-12-18(16)19/h5-12,20-21H,3-4,13-14H2,1-2H3. The summed E-state index contributed by atoms with van der Waals surface area (Å²) in [6.45, 7) is 8.30. The quantitative estimate of drug-likeness (QED) is 0.849. The largest absolute Gasteiger partial charge is 0.316 e. The highest BCUT2D eigenvalue weighted by Crippen LogP contribution is 2.48. The summed E-state index contributed by atoms with van der Waals surface area (Å²) in [5.41, 5.74) is 5.73. The van der Waals surface area contributed by atoms with Gasteiger partial charge in [-0.25, -0.2) is 0 Å². The zero-order chi connectivity index (χ0) is 14.7. The van der Waals surface area contributed by atoms with Gasteiger partial charge in [0.2, 0.25) is 0 Å². The van der Waals surface area contributed by atoms with E-state index in [4.69, 9.17) is 0 Å².